The molecule has 17 heavy (non-hydrogen) atoms. The first-order valence-corrected chi connectivity index (χ1v) is 4.92. The van der Waals surface area contributed by atoms with Gasteiger partial charge in [0.15, 0.2) is 5.76 Å². The number of nitrogens with zero attached hydrogens (tertiary/aromatic N) is 3. The lowest BCUT2D eigenvalue weighted by molar-refractivity contribution is 0.0927. The van der Waals surface area contributed by atoms with Crippen molar-refractivity contribution in [1.82, 2.24) is 15.4 Å². The van der Waals surface area contributed by atoms with Crippen LogP contribution in [-0.2, 0) is 0 Å². The summed E-state index contributed by atoms with van der Waals surface area (Å²) in [6.07, 6.45) is 6.12. The Morgan fingerprint density at radius 2 is 2.35 bits per heavy atom. The molecule has 6 heteroatoms. The highest BCUT2D eigenvalue weighted by molar-refractivity contribution is 5.98. The van der Waals surface area contributed by atoms with Crippen molar-refractivity contribution in [1.29, 1.82) is 0 Å². The molecule has 0 saturated carbocycles. The molecule has 0 bridgehead atoms. The van der Waals surface area contributed by atoms with Crippen LogP contribution in [0.2, 0.25) is 0 Å². The normalized spacial score (nSPS) is 11.2. The van der Waals surface area contributed by atoms with Gasteiger partial charge in [0.05, 0.1) is 18.2 Å². The number of carbonyl (C=O) groups is 1. The number of hydrogen-bond acceptors (Lipinski definition) is 5. The third-order valence-electron chi connectivity index (χ3n) is 2.00. The van der Waals surface area contributed by atoms with Crippen molar-refractivity contribution >= 4 is 11.6 Å². The van der Waals surface area contributed by atoms with E-state index >= 15 is 0 Å². The van der Waals surface area contributed by atoms with Gasteiger partial charge < -0.3 is 4.42 Å². The molecular weight excluding hydrogens is 220 g/mol. The van der Waals surface area contributed by atoms with E-state index in [-0.39, 0.29) is 5.76 Å². The van der Waals surface area contributed by atoms with Crippen LogP contribution in [0.25, 0.3) is 0 Å². The Morgan fingerprint density at radius 3 is 3.00 bits per heavy atom. The minimum absolute atomic E-state index is 0.209. The maximum Gasteiger partial charge on any atom is 0.307 e. The van der Waals surface area contributed by atoms with Crippen LogP contribution in [0.4, 0.5) is 0 Å². The second-order valence-electron chi connectivity index (χ2n) is 3.21. The summed E-state index contributed by atoms with van der Waals surface area (Å²) in [5.74, 6) is -0.195. The second-order valence-corrected chi connectivity index (χ2v) is 3.21. The Labute approximate surface area is 97.4 Å². The molecule has 0 aliphatic rings. The van der Waals surface area contributed by atoms with Gasteiger partial charge in [-0.15, -0.1) is 0 Å². The predicted octanol–water partition coefficient (Wildman–Crippen LogP) is 1.22. The summed E-state index contributed by atoms with van der Waals surface area (Å²) in [7, 11) is 0. The molecule has 6 nitrogen and oxygen atoms in total. The zero-order valence-electron chi connectivity index (χ0n) is 9.12. The minimum atomic E-state index is -0.404. The highest BCUT2D eigenvalue weighted by Gasteiger charge is 2.07. The van der Waals surface area contributed by atoms with E-state index in [1.165, 1.54) is 6.26 Å². The Morgan fingerprint density at radius 1 is 1.47 bits per heavy atom. The topological polar surface area (TPSA) is 80.4 Å². The molecule has 2 aromatic rings. The highest BCUT2D eigenvalue weighted by Crippen LogP contribution is 1.99. The first-order chi connectivity index (χ1) is 8.27. The van der Waals surface area contributed by atoms with Gasteiger partial charge in [0, 0.05) is 12.4 Å². The average molecular weight is 230 g/mol. The molecule has 2 heterocycles. The molecule has 0 fully saturated rings. The average Bonchev–Trinajstić information content (AvgIpc) is 2.90. The molecule has 0 atom stereocenters. The van der Waals surface area contributed by atoms with Gasteiger partial charge in [-0.25, -0.2) is 5.43 Å². The van der Waals surface area contributed by atoms with E-state index in [1.807, 2.05) is 0 Å². The molecule has 1 N–H and O–H groups in total. The fourth-order valence-corrected chi connectivity index (χ4v) is 1.14. The smallest absolute Gasteiger partial charge is 0.307 e. The summed E-state index contributed by atoms with van der Waals surface area (Å²) in [6.45, 7) is 1.73. The number of nitrogens with one attached hydrogen (secondary N) is 1. The van der Waals surface area contributed by atoms with Gasteiger partial charge in [-0.2, -0.15) is 5.10 Å². The van der Waals surface area contributed by atoms with Crippen LogP contribution in [0.15, 0.2) is 46.5 Å². The van der Waals surface area contributed by atoms with E-state index in [0.717, 1.165) is 0 Å². The summed E-state index contributed by atoms with van der Waals surface area (Å²) in [6, 6.07) is 3.19. The minimum Gasteiger partial charge on any atom is -0.459 e. The summed E-state index contributed by atoms with van der Waals surface area (Å²) >= 11 is 0. The standard InChI is InChI=1S/C11H10N4O2/c1-8(9-7-12-4-5-13-9)14-15-11(16)10-3-2-6-17-10/h2-7H,1H3,(H,15,16)/b14-8+. The summed E-state index contributed by atoms with van der Waals surface area (Å²) in [4.78, 5) is 19.5. The Bertz CT molecular complexity index is 520. The van der Waals surface area contributed by atoms with Crippen LogP contribution in [0.1, 0.15) is 23.2 Å². The second kappa shape index (κ2) is 5.02. The van der Waals surface area contributed by atoms with Crippen molar-refractivity contribution in [3.05, 3.63) is 48.4 Å². The van der Waals surface area contributed by atoms with Crippen molar-refractivity contribution in [2.75, 3.05) is 0 Å². The van der Waals surface area contributed by atoms with E-state index in [1.54, 1.807) is 37.6 Å². The van der Waals surface area contributed by atoms with Crippen molar-refractivity contribution in [2.24, 2.45) is 5.10 Å². The van der Waals surface area contributed by atoms with Crippen molar-refractivity contribution < 1.29 is 9.21 Å². The van der Waals surface area contributed by atoms with E-state index in [2.05, 4.69) is 20.5 Å². The maximum atomic E-state index is 11.5. The molecule has 0 aliphatic carbocycles. The van der Waals surface area contributed by atoms with E-state index < -0.39 is 5.91 Å². The van der Waals surface area contributed by atoms with Crippen LogP contribution >= 0.6 is 0 Å². The van der Waals surface area contributed by atoms with Crippen LogP contribution < -0.4 is 5.43 Å². The van der Waals surface area contributed by atoms with E-state index in [4.69, 9.17) is 4.42 Å². The molecule has 2 rings (SSSR count). The van der Waals surface area contributed by atoms with Gasteiger partial charge in [0.2, 0.25) is 0 Å². The summed E-state index contributed by atoms with van der Waals surface area (Å²) < 4.78 is 4.92. The predicted molar refractivity (Wildman–Crippen MR) is 60.4 cm³/mol. The SMILES string of the molecule is C/C(=N\NC(=O)c1ccco1)c1cnccn1. The lowest BCUT2D eigenvalue weighted by Crippen LogP contribution is -2.19. The first kappa shape index (κ1) is 11.0. The lowest BCUT2D eigenvalue weighted by atomic mass is 10.3. The molecular formula is C11H10N4O2. The number of carbonyl (C=O) groups excluding carboxylic acids is 1. The lowest BCUT2D eigenvalue weighted by Gasteiger charge is -1.99. The molecule has 0 saturated heterocycles. The third-order valence-corrected chi connectivity index (χ3v) is 2.00. The molecule has 0 aliphatic heterocycles. The van der Waals surface area contributed by atoms with Gasteiger partial charge in [0.1, 0.15) is 5.69 Å². The van der Waals surface area contributed by atoms with Gasteiger partial charge in [-0.05, 0) is 19.1 Å². The number of hydrogen-bond donors (Lipinski definition) is 1. The molecule has 0 spiro atoms. The molecule has 1 amide bonds. The zero-order valence-corrected chi connectivity index (χ0v) is 9.12. The number of furan rings is 1. The Balaban J connectivity index is 2.04. The van der Waals surface area contributed by atoms with Crippen molar-refractivity contribution in [3.8, 4) is 0 Å². The summed E-state index contributed by atoms with van der Waals surface area (Å²) in [5, 5.41) is 3.90. The van der Waals surface area contributed by atoms with Gasteiger partial charge in [-0.3, -0.25) is 14.8 Å². The highest BCUT2D eigenvalue weighted by atomic mass is 16.3. The van der Waals surface area contributed by atoms with Crippen LogP contribution in [-0.4, -0.2) is 21.6 Å². The molecule has 86 valence electrons. The van der Waals surface area contributed by atoms with E-state index in [9.17, 15) is 4.79 Å². The number of amides is 1. The van der Waals surface area contributed by atoms with Gasteiger partial charge in [0.25, 0.3) is 0 Å². The summed E-state index contributed by atoms with van der Waals surface area (Å²) in [5.41, 5.74) is 3.54. The van der Waals surface area contributed by atoms with Crippen molar-refractivity contribution in [2.45, 2.75) is 6.92 Å². The molecule has 2 aromatic heterocycles. The monoisotopic (exact) mass is 230 g/mol. The molecule has 0 aromatic carbocycles. The zero-order chi connectivity index (χ0) is 12.1. The number of aromatic nitrogens is 2. The van der Waals surface area contributed by atoms with Crippen LogP contribution in [0.5, 0.6) is 0 Å². The molecule has 0 unspecified atom stereocenters. The number of rotatable bonds is 3. The fourth-order valence-electron chi connectivity index (χ4n) is 1.14. The third kappa shape index (κ3) is 2.75. The van der Waals surface area contributed by atoms with E-state index in [0.29, 0.717) is 11.4 Å². The van der Waals surface area contributed by atoms with Crippen LogP contribution in [0.3, 0.4) is 0 Å². The largest absolute Gasteiger partial charge is 0.459 e. The van der Waals surface area contributed by atoms with Crippen molar-refractivity contribution in [3.63, 3.8) is 0 Å². The Hall–Kier alpha value is -2.50. The maximum absolute atomic E-state index is 11.5. The van der Waals surface area contributed by atoms with Crippen LogP contribution in [0, 0.1) is 0 Å². The Kier molecular flexibility index (Phi) is 3.25. The molecule has 0 radical (unpaired) electrons. The van der Waals surface area contributed by atoms with Gasteiger partial charge in [-0.1, -0.05) is 0 Å². The van der Waals surface area contributed by atoms with Gasteiger partial charge >= 0.3 is 5.91 Å². The fraction of sp³-hybridized carbons (Fsp3) is 0.0909. The quantitative estimate of drug-likeness (QED) is 0.635. The number of hydrazone groups is 1. The first-order valence-electron chi connectivity index (χ1n) is 4.92.